The fourth-order valence-corrected chi connectivity index (χ4v) is 2.12. The molecule has 21 heavy (non-hydrogen) atoms. The van der Waals surface area contributed by atoms with Crippen LogP contribution in [0.3, 0.4) is 0 Å². The predicted octanol–water partition coefficient (Wildman–Crippen LogP) is 3.27. The number of benzene rings is 2. The third-order valence-corrected chi connectivity index (χ3v) is 3.40. The molecule has 0 spiro atoms. The number of nitriles is 1. The zero-order valence-corrected chi connectivity index (χ0v) is 12.2. The fraction of sp³-hybridized carbons (Fsp3) is 0. The van der Waals surface area contributed by atoms with E-state index in [9.17, 15) is 9.59 Å². The molecule has 0 saturated heterocycles. The van der Waals surface area contributed by atoms with E-state index in [2.05, 4.69) is 21.2 Å². The number of rotatable bonds is 3. The van der Waals surface area contributed by atoms with Crippen molar-refractivity contribution in [1.82, 2.24) is 0 Å². The van der Waals surface area contributed by atoms with E-state index >= 15 is 0 Å². The van der Waals surface area contributed by atoms with Gasteiger partial charge in [0.2, 0.25) is 0 Å². The van der Waals surface area contributed by atoms with E-state index in [0.717, 1.165) is 0 Å². The van der Waals surface area contributed by atoms with Crippen molar-refractivity contribution in [1.29, 1.82) is 5.26 Å². The van der Waals surface area contributed by atoms with Crippen LogP contribution in [0.25, 0.3) is 0 Å². The summed E-state index contributed by atoms with van der Waals surface area (Å²) in [7, 11) is 0. The Bertz CT molecular complexity index is 766. The number of halogens is 1. The van der Waals surface area contributed by atoms with Gasteiger partial charge in [-0.15, -0.1) is 0 Å². The molecule has 0 aliphatic heterocycles. The number of carboxylic acid groups (broad SMARTS) is 1. The Morgan fingerprint density at radius 1 is 1.19 bits per heavy atom. The van der Waals surface area contributed by atoms with Gasteiger partial charge in [-0.05, 0) is 52.3 Å². The first-order valence-corrected chi connectivity index (χ1v) is 6.65. The quantitative estimate of drug-likeness (QED) is 0.893. The van der Waals surface area contributed by atoms with Gasteiger partial charge in [-0.1, -0.05) is 6.07 Å². The van der Waals surface area contributed by atoms with Crippen molar-refractivity contribution >= 4 is 33.5 Å². The van der Waals surface area contributed by atoms with Crippen molar-refractivity contribution in [2.45, 2.75) is 0 Å². The van der Waals surface area contributed by atoms with Crippen molar-refractivity contribution in [3.05, 3.63) is 63.6 Å². The smallest absolute Gasteiger partial charge is 0.336 e. The average Bonchev–Trinajstić information content (AvgIpc) is 2.49. The molecular formula is C15H9BrN2O3. The number of anilines is 1. The summed E-state index contributed by atoms with van der Waals surface area (Å²) >= 11 is 3.13. The number of nitrogens with one attached hydrogen (secondary N) is 1. The Morgan fingerprint density at radius 2 is 1.95 bits per heavy atom. The Balaban J connectivity index is 2.25. The maximum atomic E-state index is 12.1. The van der Waals surface area contributed by atoms with Gasteiger partial charge in [0.1, 0.15) is 0 Å². The Kier molecular flexibility index (Phi) is 4.36. The highest BCUT2D eigenvalue weighted by atomic mass is 79.9. The highest BCUT2D eigenvalue weighted by Gasteiger charge is 2.11. The Hall–Kier alpha value is -2.65. The van der Waals surface area contributed by atoms with Crippen LogP contribution in [0.5, 0.6) is 0 Å². The van der Waals surface area contributed by atoms with E-state index < -0.39 is 11.9 Å². The number of carboxylic acids is 1. The topological polar surface area (TPSA) is 90.2 Å². The van der Waals surface area contributed by atoms with E-state index in [1.54, 1.807) is 30.3 Å². The van der Waals surface area contributed by atoms with Gasteiger partial charge < -0.3 is 10.4 Å². The Labute approximate surface area is 129 Å². The van der Waals surface area contributed by atoms with Gasteiger partial charge in [-0.3, -0.25) is 4.79 Å². The van der Waals surface area contributed by atoms with Gasteiger partial charge in [0.25, 0.3) is 5.91 Å². The van der Waals surface area contributed by atoms with Crippen LogP contribution in [-0.4, -0.2) is 17.0 Å². The second-order valence-corrected chi connectivity index (χ2v) is 5.00. The van der Waals surface area contributed by atoms with Crippen molar-refractivity contribution in [2.24, 2.45) is 0 Å². The second-order valence-electron chi connectivity index (χ2n) is 4.15. The molecule has 6 heteroatoms. The molecule has 104 valence electrons. The molecule has 0 heterocycles. The molecule has 0 unspecified atom stereocenters. The first-order valence-electron chi connectivity index (χ1n) is 5.85. The lowest BCUT2D eigenvalue weighted by atomic mass is 10.1. The van der Waals surface area contributed by atoms with Crippen molar-refractivity contribution in [3.8, 4) is 6.07 Å². The van der Waals surface area contributed by atoms with Crippen LogP contribution in [-0.2, 0) is 0 Å². The number of carbonyl (C=O) groups is 2. The molecule has 2 N–H and O–H groups in total. The monoisotopic (exact) mass is 344 g/mol. The maximum Gasteiger partial charge on any atom is 0.336 e. The summed E-state index contributed by atoms with van der Waals surface area (Å²) in [6, 6.07) is 12.7. The van der Waals surface area contributed by atoms with Gasteiger partial charge in [0.15, 0.2) is 0 Å². The second kappa shape index (κ2) is 6.20. The minimum absolute atomic E-state index is 0.0542. The third kappa shape index (κ3) is 3.46. The summed E-state index contributed by atoms with van der Waals surface area (Å²) in [4.78, 5) is 23.1. The van der Waals surface area contributed by atoms with Gasteiger partial charge in [-0.25, -0.2) is 4.79 Å². The van der Waals surface area contributed by atoms with Crippen LogP contribution in [0, 0.1) is 11.3 Å². The standard InChI is InChI=1S/C15H9BrN2O3/c16-13-5-4-11(7-12(13)15(20)21)18-14(19)10-3-1-2-9(6-10)8-17/h1-7H,(H,18,19)(H,20,21). The summed E-state index contributed by atoms with van der Waals surface area (Å²) in [5.74, 6) is -1.50. The third-order valence-electron chi connectivity index (χ3n) is 2.71. The van der Waals surface area contributed by atoms with Crippen molar-refractivity contribution in [3.63, 3.8) is 0 Å². The first kappa shape index (κ1) is 14.8. The van der Waals surface area contributed by atoms with Crippen molar-refractivity contribution in [2.75, 3.05) is 5.32 Å². The lowest BCUT2D eigenvalue weighted by Gasteiger charge is -2.07. The SMILES string of the molecule is N#Cc1cccc(C(=O)Nc2ccc(Br)c(C(=O)O)c2)c1. The van der Waals surface area contributed by atoms with Crippen LogP contribution < -0.4 is 5.32 Å². The Morgan fingerprint density at radius 3 is 2.62 bits per heavy atom. The zero-order chi connectivity index (χ0) is 15.4. The molecule has 1 amide bonds. The van der Waals surface area contributed by atoms with Crippen LogP contribution in [0.1, 0.15) is 26.3 Å². The molecule has 0 aliphatic rings. The lowest BCUT2D eigenvalue weighted by Crippen LogP contribution is -2.12. The molecule has 0 atom stereocenters. The van der Waals surface area contributed by atoms with Crippen LogP contribution in [0.2, 0.25) is 0 Å². The average molecular weight is 345 g/mol. The molecule has 2 aromatic carbocycles. The molecule has 0 bridgehead atoms. The predicted molar refractivity (Wildman–Crippen MR) is 80.2 cm³/mol. The zero-order valence-electron chi connectivity index (χ0n) is 10.6. The van der Waals surface area contributed by atoms with Gasteiger partial charge in [0.05, 0.1) is 17.2 Å². The van der Waals surface area contributed by atoms with E-state index in [-0.39, 0.29) is 5.56 Å². The number of carbonyl (C=O) groups excluding carboxylic acids is 1. The molecule has 2 rings (SSSR count). The minimum Gasteiger partial charge on any atom is -0.478 e. The lowest BCUT2D eigenvalue weighted by molar-refractivity contribution is 0.0695. The fourth-order valence-electron chi connectivity index (χ4n) is 1.70. The van der Waals surface area contributed by atoms with Gasteiger partial charge in [0, 0.05) is 15.7 Å². The van der Waals surface area contributed by atoms with Crippen LogP contribution >= 0.6 is 15.9 Å². The number of nitrogens with zero attached hydrogens (tertiary/aromatic N) is 1. The molecular weight excluding hydrogens is 336 g/mol. The van der Waals surface area contributed by atoms with E-state index in [4.69, 9.17) is 10.4 Å². The van der Waals surface area contributed by atoms with Gasteiger partial charge >= 0.3 is 5.97 Å². The maximum absolute atomic E-state index is 12.1. The largest absolute Gasteiger partial charge is 0.478 e. The van der Waals surface area contributed by atoms with E-state index in [0.29, 0.717) is 21.3 Å². The van der Waals surface area contributed by atoms with Crippen LogP contribution in [0.15, 0.2) is 46.9 Å². The van der Waals surface area contributed by atoms with E-state index in [1.165, 1.54) is 12.1 Å². The van der Waals surface area contributed by atoms with Gasteiger partial charge in [-0.2, -0.15) is 5.26 Å². The molecule has 0 saturated carbocycles. The molecule has 0 fully saturated rings. The van der Waals surface area contributed by atoms with Crippen LogP contribution in [0.4, 0.5) is 5.69 Å². The van der Waals surface area contributed by atoms with Crippen molar-refractivity contribution < 1.29 is 14.7 Å². The highest BCUT2D eigenvalue weighted by Crippen LogP contribution is 2.21. The number of hydrogen-bond donors (Lipinski definition) is 2. The number of amides is 1. The molecule has 0 radical (unpaired) electrons. The summed E-state index contributed by atoms with van der Waals surface area (Å²) in [6.07, 6.45) is 0. The summed E-state index contributed by atoms with van der Waals surface area (Å²) < 4.78 is 0.430. The summed E-state index contributed by atoms with van der Waals surface area (Å²) in [6.45, 7) is 0. The molecule has 2 aromatic rings. The first-order chi connectivity index (χ1) is 10.0. The van der Waals surface area contributed by atoms with E-state index in [1.807, 2.05) is 6.07 Å². The molecule has 0 aliphatic carbocycles. The number of hydrogen-bond acceptors (Lipinski definition) is 3. The minimum atomic E-state index is -1.09. The normalized spacial score (nSPS) is 9.71. The molecule has 5 nitrogen and oxygen atoms in total. The molecule has 0 aromatic heterocycles. The highest BCUT2D eigenvalue weighted by molar-refractivity contribution is 9.10. The number of aromatic carboxylic acids is 1. The summed E-state index contributed by atoms with van der Waals surface area (Å²) in [5.41, 5.74) is 1.13. The summed E-state index contributed by atoms with van der Waals surface area (Å²) in [5, 5.41) is 20.4.